The van der Waals surface area contributed by atoms with Crippen LogP contribution in [0.15, 0.2) is 54.7 Å². The van der Waals surface area contributed by atoms with Crippen molar-refractivity contribution >= 4 is 44.7 Å². The van der Waals surface area contributed by atoms with E-state index in [0.717, 1.165) is 10.2 Å². The highest BCUT2D eigenvalue weighted by Gasteiger charge is 2.24. The zero-order valence-corrected chi connectivity index (χ0v) is 15.2. The predicted octanol–water partition coefficient (Wildman–Crippen LogP) is 4.57. The van der Waals surface area contributed by atoms with Crippen molar-refractivity contribution in [3.05, 3.63) is 76.0 Å². The van der Waals surface area contributed by atoms with E-state index in [1.165, 1.54) is 22.9 Å². The third-order valence-electron chi connectivity index (χ3n) is 3.85. The van der Waals surface area contributed by atoms with Gasteiger partial charge in [0.05, 0.1) is 21.5 Å². The van der Waals surface area contributed by atoms with Crippen molar-refractivity contribution in [2.75, 3.05) is 0 Å². The second-order valence-corrected chi connectivity index (χ2v) is 7.15. The molecule has 0 atom stereocenters. The van der Waals surface area contributed by atoms with Gasteiger partial charge in [0.2, 0.25) is 5.78 Å². The monoisotopic (exact) mass is 381 g/mol. The third-order valence-corrected chi connectivity index (χ3v) is 5.12. The molecule has 4 aromatic rings. The number of para-hydroxylation sites is 1. The fourth-order valence-corrected chi connectivity index (χ4v) is 3.74. The maximum absolute atomic E-state index is 13.0. The summed E-state index contributed by atoms with van der Waals surface area (Å²) in [6.45, 7) is 1.39. The fourth-order valence-electron chi connectivity index (χ4n) is 2.64. The molecule has 0 aliphatic carbocycles. The number of Topliss-reactive ketones (excluding diaryl/α,β-unsaturated/α-hetero) is 1. The van der Waals surface area contributed by atoms with Crippen molar-refractivity contribution in [2.24, 2.45) is 0 Å². The number of fused-ring (bicyclic) bond motifs is 1. The number of rotatable bonds is 4. The second-order valence-electron chi connectivity index (χ2n) is 5.69. The number of nitrogens with zero attached hydrogens (tertiary/aromatic N) is 3. The quantitative estimate of drug-likeness (QED) is 0.486. The van der Waals surface area contributed by atoms with Crippen LogP contribution >= 0.6 is 22.9 Å². The number of aromatic nitrogens is 3. The molecule has 0 fully saturated rings. The zero-order valence-electron chi connectivity index (χ0n) is 13.6. The molecule has 0 radical (unpaired) electrons. The normalized spacial score (nSPS) is 11.0. The van der Waals surface area contributed by atoms with Gasteiger partial charge < -0.3 is 0 Å². The number of benzene rings is 2. The van der Waals surface area contributed by atoms with Gasteiger partial charge in [-0.3, -0.25) is 9.59 Å². The van der Waals surface area contributed by atoms with E-state index in [1.807, 2.05) is 24.3 Å². The van der Waals surface area contributed by atoms with Gasteiger partial charge in [-0.2, -0.15) is 5.10 Å². The first kappa shape index (κ1) is 16.6. The van der Waals surface area contributed by atoms with Crippen LogP contribution < -0.4 is 0 Å². The van der Waals surface area contributed by atoms with Gasteiger partial charge in [0.1, 0.15) is 5.69 Å². The van der Waals surface area contributed by atoms with E-state index in [0.29, 0.717) is 15.7 Å². The summed E-state index contributed by atoms with van der Waals surface area (Å²) in [6, 6.07) is 14.6. The van der Waals surface area contributed by atoms with Crippen molar-refractivity contribution in [3.63, 3.8) is 0 Å². The zero-order chi connectivity index (χ0) is 18.3. The molecule has 0 N–H and O–H groups in total. The van der Waals surface area contributed by atoms with E-state index in [9.17, 15) is 9.59 Å². The summed E-state index contributed by atoms with van der Waals surface area (Å²) in [4.78, 5) is 29.4. The number of carbonyl (C=O) groups excluding carboxylic acids is 2. The molecule has 0 unspecified atom stereocenters. The van der Waals surface area contributed by atoms with E-state index in [-0.39, 0.29) is 22.8 Å². The highest BCUT2D eigenvalue weighted by molar-refractivity contribution is 7.20. The van der Waals surface area contributed by atoms with Crippen molar-refractivity contribution in [1.82, 2.24) is 14.8 Å². The van der Waals surface area contributed by atoms with Gasteiger partial charge in [-0.25, -0.2) is 9.67 Å². The van der Waals surface area contributed by atoms with Gasteiger partial charge >= 0.3 is 0 Å². The van der Waals surface area contributed by atoms with E-state index in [4.69, 9.17) is 11.6 Å². The van der Waals surface area contributed by atoms with Gasteiger partial charge in [-0.1, -0.05) is 29.8 Å². The summed E-state index contributed by atoms with van der Waals surface area (Å²) in [6.07, 6.45) is 1.55. The largest absolute Gasteiger partial charge is 0.293 e. The minimum absolute atomic E-state index is 0.120. The number of thiazole rings is 1. The lowest BCUT2D eigenvalue weighted by atomic mass is 10.1. The van der Waals surface area contributed by atoms with Gasteiger partial charge in [-0.15, -0.1) is 11.3 Å². The Morgan fingerprint density at radius 3 is 2.65 bits per heavy atom. The lowest BCUT2D eigenvalue weighted by Crippen LogP contribution is -2.06. The number of hydrogen-bond donors (Lipinski definition) is 0. The second kappa shape index (κ2) is 6.48. The van der Waals surface area contributed by atoms with Crippen molar-refractivity contribution in [2.45, 2.75) is 6.92 Å². The lowest BCUT2D eigenvalue weighted by molar-refractivity contribution is 0.0987. The standard InChI is InChI=1S/C19H12ClN3O2S/c1-11(24)17-14(10-23(22-17)13-6-4-5-12(20)9-13)18(25)19-21-15-7-2-3-8-16(15)26-19/h2-10H,1H3. The summed E-state index contributed by atoms with van der Waals surface area (Å²) in [5, 5.41) is 5.16. The van der Waals surface area contributed by atoms with Crippen LogP contribution in [0, 0.1) is 0 Å². The first-order valence-electron chi connectivity index (χ1n) is 7.80. The van der Waals surface area contributed by atoms with Crippen LogP contribution in [0.2, 0.25) is 5.02 Å². The summed E-state index contributed by atoms with van der Waals surface area (Å²) >= 11 is 7.32. The van der Waals surface area contributed by atoms with Crippen LogP contribution in [0.4, 0.5) is 0 Å². The Morgan fingerprint density at radius 2 is 1.92 bits per heavy atom. The van der Waals surface area contributed by atoms with Crippen LogP contribution in [0.3, 0.4) is 0 Å². The fraction of sp³-hybridized carbons (Fsp3) is 0.0526. The minimum Gasteiger partial charge on any atom is -0.293 e. The summed E-state index contributed by atoms with van der Waals surface area (Å²) < 4.78 is 2.41. The average molecular weight is 382 g/mol. The van der Waals surface area contributed by atoms with Crippen molar-refractivity contribution in [3.8, 4) is 5.69 Å². The Balaban J connectivity index is 1.82. The molecule has 0 aliphatic heterocycles. The van der Waals surface area contributed by atoms with Crippen molar-refractivity contribution < 1.29 is 9.59 Å². The number of ketones is 2. The molecule has 0 spiro atoms. The Kier molecular flexibility index (Phi) is 4.14. The molecule has 2 aromatic carbocycles. The van der Waals surface area contributed by atoms with E-state index >= 15 is 0 Å². The molecule has 2 heterocycles. The van der Waals surface area contributed by atoms with Gasteiger partial charge in [0.15, 0.2) is 10.8 Å². The van der Waals surface area contributed by atoms with Crippen LogP contribution in [0.25, 0.3) is 15.9 Å². The summed E-state index contributed by atoms with van der Waals surface area (Å²) in [5.74, 6) is -0.597. The molecule has 2 aromatic heterocycles. The molecule has 0 saturated carbocycles. The molecule has 0 bridgehead atoms. The Hall–Kier alpha value is -2.83. The van der Waals surface area contributed by atoms with E-state index in [2.05, 4.69) is 10.1 Å². The van der Waals surface area contributed by atoms with Crippen LogP contribution in [-0.2, 0) is 0 Å². The highest BCUT2D eigenvalue weighted by atomic mass is 35.5. The van der Waals surface area contributed by atoms with Gasteiger partial charge in [-0.05, 0) is 30.3 Å². The molecule has 5 nitrogen and oxygen atoms in total. The van der Waals surface area contributed by atoms with Crippen LogP contribution in [0.1, 0.15) is 32.8 Å². The SMILES string of the molecule is CC(=O)c1nn(-c2cccc(Cl)c2)cc1C(=O)c1nc2ccccc2s1. The molecule has 128 valence electrons. The first-order valence-corrected chi connectivity index (χ1v) is 8.99. The topological polar surface area (TPSA) is 64.8 Å². The number of hydrogen-bond acceptors (Lipinski definition) is 5. The Bertz CT molecular complexity index is 1130. The minimum atomic E-state index is -0.315. The molecular weight excluding hydrogens is 370 g/mol. The van der Waals surface area contributed by atoms with Gasteiger partial charge in [0, 0.05) is 18.1 Å². The summed E-state index contributed by atoms with van der Waals surface area (Å²) in [7, 11) is 0. The average Bonchev–Trinajstić information content (AvgIpc) is 3.25. The summed E-state index contributed by atoms with van der Waals surface area (Å²) in [5.41, 5.74) is 1.78. The smallest absolute Gasteiger partial charge is 0.225 e. The van der Waals surface area contributed by atoms with E-state index < -0.39 is 0 Å². The first-order chi connectivity index (χ1) is 12.5. The van der Waals surface area contributed by atoms with Crippen LogP contribution in [-0.4, -0.2) is 26.3 Å². The van der Waals surface area contributed by atoms with Gasteiger partial charge in [0.25, 0.3) is 0 Å². The maximum atomic E-state index is 13.0. The molecule has 0 saturated heterocycles. The highest BCUT2D eigenvalue weighted by Crippen LogP contribution is 2.25. The lowest BCUT2D eigenvalue weighted by Gasteiger charge is -2.00. The Labute approximate surface area is 157 Å². The number of halogens is 1. The van der Waals surface area contributed by atoms with Crippen molar-refractivity contribution in [1.29, 1.82) is 0 Å². The molecular formula is C19H12ClN3O2S. The molecule has 7 heteroatoms. The van der Waals surface area contributed by atoms with Crippen LogP contribution in [0.5, 0.6) is 0 Å². The molecule has 0 aliphatic rings. The maximum Gasteiger partial charge on any atom is 0.225 e. The molecule has 4 rings (SSSR count). The molecule has 0 amide bonds. The Morgan fingerprint density at radius 1 is 1.12 bits per heavy atom. The third kappa shape index (κ3) is 2.94. The molecule has 26 heavy (non-hydrogen) atoms. The van der Waals surface area contributed by atoms with E-state index in [1.54, 1.807) is 30.5 Å². The number of carbonyl (C=O) groups is 2. The predicted molar refractivity (Wildman–Crippen MR) is 102 cm³/mol.